The highest BCUT2D eigenvalue weighted by atomic mass is 35.5. The Balaban J connectivity index is 3.46. The molecule has 0 unspecified atom stereocenters. The molecule has 0 aliphatic heterocycles. The molecule has 66 valence electrons. The van der Waals surface area contributed by atoms with E-state index in [1.807, 2.05) is 0 Å². The van der Waals surface area contributed by atoms with Crippen LogP contribution in [0, 0.1) is 5.82 Å². The summed E-state index contributed by atoms with van der Waals surface area (Å²) in [6.07, 6.45) is 0.255. The summed E-state index contributed by atoms with van der Waals surface area (Å²) in [5.74, 6) is -0.874. The van der Waals surface area contributed by atoms with Gasteiger partial charge in [0, 0.05) is 4.91 Å². The van der Waals surface area contributed by atoms with Crippen molar-refractivity contribution < 1.29 is 9.18 Å². The van der Waals surface area contributed by atoms with E-state index in [0.29, 0.717) is 0 Å². The van der Waals surface area contributed by atoms with E-state index < -0.39 is 5.82 Å². The first kappa shape index (κ1) is 9.51. The Morgan fingerprint density at radius 1 is 1.62 bits per heavy atom. The maximum Gasteiger partial charge on any atom is 0.153 e. The van der Waals surface area contributed by atoms with Crippen LogP contribution in [0.5, 0.6) is 0 Å². The summed E-state index contributed by atoms with van der Waals surface area (Å²) in [6.45, 7) is 0. The van der Waals surface area contributed by atoms with Crippen LogP contribution in [0.3, 0.4) is 0 Å². The van der Waals surface area contributed by atoms with Crippen molar-refractivity contribution in [3.05, 3.63) is 39.0 Å². The zero-order valence-electron chi connectivity index (χ0n) is 6.24. The predicted octanol–water partition coefficient (Wildman–Crippen LogP) is 3.23. The first-order valence-electron chi connectivity index (χ1n) is 3.19. The van der Waals surface area contributed by atoms with Crippen LogP contribution in [-0.2, 0) is 0 Å². The number of rotatable bonds is 2. The number of hydrogen-bond donors (Lipinski definition) is 0. The van der Waals surface area contributed by atoms with E-state index in [4.69, 9.17) is 17.1 Å². The van der Waals surface area contributed by atoms with Crippen molar-refractivity contribution in [2.75, 3.05) is 0 Å². The van der Waals surface area contributed by atoms with Gasteiger partial charge in [-0.3, -0.25) is 4.79 Å². The Hall–Kier alpha value is -1.58. The number of azide groups is 1. The summed E-state index contributed by atoms with van der Waals surface area (Å²) in [6, 6.07) is 2.49. The lowest BCUT2D eigenvalue weighted by Gasteiger charge is -2.00. The number of halogens is 2. The summed E-state index contributed by atoms with van der Waals surface area (Å²) >= 11 is 5.40. The second kappa shape index (κ2) is 3.89. The van der Waals surface area contributed by atoms with Crippen molar-refractivity contribution in [3.8, 4) is 0 Å². The van der Waals surface area contributed by atoms with Crippen molar-refractivity contribution in [2.24, 2.45) is 5.11 Å². The highest BCUT2D eigenvalue weighted by molar-refractivity contribution is 6.31. The predicted molar refractivity (Wildman–Crippen MR) is 45.6 cm³/mol. The lowest BCUT2D eigenvalue weighted by molar-refractivity contribution is 0.112. The molecule has 0 aromatic heterocycles. The zero-order chi connectivity index (χ0) is 9.84. The average Bonchev–Trinajstić information content (AvgIpc) is 2.12. The van der Waals surface area contributed by atoms with Crippen LogP contribution in [0.25, 0.3) is 10.4 Å². The van der Waals surface area contributed by atoms with Gasteiger partial charge in [-0.2, -0.15) is 0 Å². The SMILES string of the molecule is [N-]=[N+]=Nc1ccc(Cl)c(F)c1C=O. The van der Waals surface area contributed by atoms with E-state index in [-0.39, 0.29) is 22.6 Å². The third-order valence-corrected chi connectivity index (χ3v) is 1.67. The van der Waals surface area contributed by atoms with Crippen LogP contribution >= 0.6 is 11.6 Å². The molecule has 6 heteroatoms. The van der Waals surface area contributed by atoms with Gasteiger partial charge in [-0.05, 0) is 11.6 Å². The number of benzene rings is 1. The zero-order valence-corrected chi connectivity index (χ0v) is 6.99. The average molecular weight is 200 g/mol. The normalized spacial score (nSPS) is 9.08. The van der Waals surface area contributed by atoms with Crippen molar-refractivity contribution in [3.63, 3.8) is 0 Å². The van der Waals surface area contributed by atoms with Crippen molar-refractivity contribution in [1.82, 2.24) is 0 Å². The van der Waals surface area contributed by atoms with Gasteiger partial charge in [0.05, 0.1) is 16.3 Å². The minimum Gasteiger partial charge on any atom is -0.298 e. The van der Waals surface area contributed by atoms with Crippen LogP contribution in [-0.4, -0.2) is 6.29 Å². The topological polar surface area (TPSA) is 65.8 Å². The van der Waals surface area contributed by atoms with Gasteiger partial charge in [-0.25, -0.2) is 4.39 Å². The lowest BCUT2D eigenvalue weighted by Crippen LogP contribution is -1.88. The van der Waals surface area contributed by atoms with Crippen LogP contribution in [0.1, 0.15) is 10.4 Å². The Kier molecular flexibility index (Phi) is 2.84. The van der Waals surface area contributed by atoms with Gasteiger partial charge in [0.2, 0.25) is 0 Å². The number of aldehydes is 1. The maximum absolute atomic E-state index is 13.0. The molecule has 0 bridgehead atoms. The van der Waals surface area contributed by atoms with Gasteiger partial charge < -0.3 is 0 Å². The summed E-state index contributed by atoms with van der Waals surface area (Å²) in [7, 11) is 0. The highest BCUT2D eigenvalue weighted by Crippen LogP contribution is 2.26. The molecule has 1 aromatic rings. The van der Waals surface area contributed by atoms with Gasteiger partial charge in [0.15, 0.2) is 12.1 Å². The molecule has 4 nitrogen and oxygen atoms in total. The second-order valence-electron chi connectivity index (χ2n) is 2.10. The fraction of sp³-hybridized carbons (Fsp3) is 0. The van der Waals surface area contributed by atoms with E-state index in [1.165, 1.54) is 12.1 Å². The van der Waals surface area contributed by atoms with E-state index in [2.05, 4.69) is 10.0 Å². The van der Waals surface area contributed by atoms with Crippen molar-refractivity contribution >= 4 is 23.6 Å². The molecule has 0 amide bonds. The minimum absolute atomic E-state index is 0.0700. The minimum atomic E-state index is -0.874. The van der Waals surface area contributed by atoms with E-state index in [9.17, 15) is 9.18 Å². The number of hydrogen-bond acceptors (Lipinski definition) is 2. The molecule has 0 aliphatic rings. The molecule has 0 atom stereocenters. The molecule has 1 aromatic carbocycles. The molecule has 0 aliphatic carbocycles. The Morgan fingerprint density at radius 2 is 2.31 bits per heavy atom. The monoisotopic (exact) mass is 199 g/mol. The van der Waals surface area contributed by atoms with Crippen molar-refractivity contribution in [2.45, 2.75) is 0 Å². The molecule has 1 rings (SSSR count). The number of carbonyl (C=O) groups excluding carboxylic acids is 1. The summed E-state index contributed by atoms with van der Waals surface area (Å²) in [5, 5.41) is 2.95. The maximum atomic E-state index is 13.0. The molecule has 0 saturated heterocycles. The van der Waals surface area contributed by atoms with Crippen LogP contribution in [0.4, 0.5) is 10.1 Å². The van der Waals surface area contributed by atoms with Gasteiger partial charge in [0.1, 0.15) is 0 Å². The fourth-order valence-electron chi connectivity index (χ4n) is 0.804. The second-order valence-corrected chi connectivity index (χ2v) is 2.51. The molecule has 0 N–H and O–H groups in total. The largest absolute Gasteiger partial charge is 0.298 e. The summed E-state index contributed by atoms with van der Waals surface area (Å²) in [4.78, 5) is 12.8. The van der Waals surface area contributed by atoms with Crippen LogP contribution in [0.2, 0.25) is 5.02 Å². The van der Waals surface area contributed by atoms with Gasteiger partial charge in [0.25, 0.3) is 0 Å². The smallest absolute Gasteiger partial charge is 0.153 e. The Bertz CT molecular complexity index is 401. The fourth-order valence-corrected chi connectivity index (χ4v) is 0.968. The summed E-state index contributed by atoms with van der Waals surface area (Å²) < 4.78 is 13.0. The van der Waals surface area contributed by atoms with Gasteiger partial charge in [-0.15, -0.1) is 0 Å². The molecule has 0 radical (unpaired) electrons. The highest BCUT2D eigenvalue weighted by Gasteiger charge is 2.09. The molecular weight excluding hydrogens is 197 g/mol. The van der Waals surface area contributed by atoms with E-state index in [1.54, 1.807) is 0 Å². The first-order chi connectivity index (χ1) is 6.20. The number of carbonyl (C=O) groups is 1. The van der Waals surface area contributed by atoms with Crippen LogP contribution < -0.4 is 0 Å². The molecule has 0 fully saturated rings. The first-order valence-corrected chi connectivity index (χ1v) is 3.56. The third kappa shape index (κ3) is 1.77. The third-order valence-electron chi connectivity index (χ3n) is 1.38. The Labute approximate surface area is 77.6 Å². The molecule has 0 saturated carbocycles. The van der Waals surface area contributed by atoms with E-state index >= 15 is 0 Å². The van der Waals surface area contributed by atoms with Crippen LogP contribution in [0.15, 0.2) is 17.2 Å². The standard InChI is InChI=1S/C7H3ClFN3O/c8-5-1-2-6(11-12-10)4(3-13)7(5)9/h1-3H. The van der Waals surface area contributed by atoms with Gasteiger partial charge >= 0.3 is 0 Å². The number of nitrogens with zero attached hydrogens (tertiary/aromatic N) is 3. The molecule has 0 heterocycles. The quantitative estimate of drug-likeness (QED) is 0.312. The Morgan fingerprint density at radius 3 is 2.85 bits per heavy atom. The molecule has 0 spiro atoms. The lowest BCUT2D eigenvalue weighted by atomic mass is 10.2. The summed E-state index contributed by atoms with van der Waals surface area (Å²) in [5.41, 5.74) is 7.69. The molecule has 13 heavy (non-hydrogen) atoms. The molecular formula is C7H3ClFN3O. The van der Waals surface area contributed by atoms with E-state index in [0.717, 1.165) is 0 Å². The van der Waals surface area contributed by atoms with Gasteiger partial charge in [-0.1, -0.05) is 22.8 Å². The van der Waals surface area contributed by atoms with Crippen molar-refractivity contribution in [1.29, 1.82) is 0 Å².